The van der Waals surface area contributed by atoms with Crippen LogP contribution < -0.4 is 4.74 Å². The first-order valence-corrected chi connectivity index (χ1v) is 10.6. The maximum absolute atomic E-state index is 5.26. The van der Waals surface area contributed by atoms with E-state index in [0.29, 0.717) is 5.92 Å². The van der Waals surface area contributed by atoms with E-state index in [1.165, 1.54) is 11.1 Å². The van der Waals surface area contributed by atoms with Crippen molar-refractivity contribution in [1.29, 1.82) is 0 Å². The Kier molecular flexibility index (Phi) is 8.12. The summed E-state index contributed by atoms with van der Waals surface area (Å²) in [5.41, 5.74) is 3.64. The highest BCUT2D eigenvalue weighted by Gasteiger charge is 2.19. The Morgan fingerprint density at radius 2 is 1.30 bits per heavy atom. The zero-order valence-corrected chi connectivity index (χ0v) is 18.2. The highest BCUT2D eigenvalue weighted by atomic mass is 16.5. The van der Waals surface area contributed by atoms with Gasteiger partial charge in [-0.05, 0) is 47.7 Å². The van der Waals surface area contributed by atoms with Crippen molar-refractivity contribution in [2.24, 2.45) is 5.92 Å². The first-order chi connectivity index (χ1) is 14.6. The Bertz CT molecular complexity index is 895. The van der Waals surface area contributed by atoms with Gasteiger partial charge >= 0.3 is 0 Å². The molecule has 0 amide bonds. The van der Waals surface area contributed by atoms with Gasteiger partial charge in [-0.2, -0.15) is 0 Å². The number of rotatable bonds is 8. The molecule has 0 saturated carbocycles. The molecule has 3 rings (SSSR count). The van der Waals surface area contributed by atoms with Crippen LogP contribution in [-0.4, -0.2) is 18.1 Å². The van der Waals surface area contributed by atoms with E-state index in [4.69, 9.17) is 4.74 Å². The van der Waals surface area contributed by atoms with Crippen LogP contribution in [-0.2, 0) is 13.1 Å². The van der Waals surface area contributed by atoms with Gasteiger partial charge in [-0.3, -0.25) is 4.90 Å². The van der Waals surface area contributed by atoms with E-state index >= 15 is 0 Å². The second-order valence-corrected chi connectivity index (χ2v) is 8.02. The van der Waals surface area contributed by atoms with Crippen LogP contribution in [0.25, 0.3) is 0 Å². The second kappa shape index (κ2) is 11.2. The van der Waals surface area contributed by atoms with Gasteiger partial charge in [0.15, 0.2) is 0 Å². The van der Waals surface area contributed by atoms with Gasteiger partial charge in [0.1, 0.15) is 5.75 Å². The molecule has 3 aromatic carbocycles. The molecule has 0 bridgehead atoms. The van der Waals surface area contributed by atoms with Crippen LogP contribution in [0.2, 0.25) is 0 Å². The fraction of sp³-hybridized carbons (Fsp3) is 0.286. The number of hydrogen-bond acceptors (Lipinski definition) is 2. The van der Waals surface area contributed by atoms with E-state index in [0.717, 1.165) is 30.8 Å². The first-order valence-electron chi connectivity index (χ1n) is 10.6. The molecule has 0 N–H and O–H groups in total. The average molecular weight is 398 g/mol. The molecule has 0 saturated heterocycles. The van der Waals surface area contributed by atoms with Crippen molar-refractivity contribution >= 4 is 0 Å². The Hall–Kier alpha value is -3.02. The van der Waals surface area contributed by atoms with E-state index < -0.39 is 0 Å². The van der Waals surface area contributed by atoms with Crippen LogP contribution in [0.1, 0.15) is 37.0 Å². The van der Waals surface area contributed by atoms with E-state index in [2.05, 4.69) is 91.3 Å². The number of methoxy groups -OCH3 is 1. The molecule has 154 valence electrons. The number of benzene rings is 3. The highest BCUT2D eigenvalue weighted by Crippen LogP contribution is 2.19. The molecule has 0 fully saturated rings. The van der Waals surface area contributed by atoms with Crippen molar-refractivity contribution in [3.8, 4) is 17.6 Å². The largest absolute Gasteiger partial charge is 0.497 e. The summed E-state index contributed by atoms with van der Waals surface area (Å²) in [5.74, 6) is 8.41. The summed E-state index contributed by atoms with van der Waals surface area (Å²) in [6, 6.07) is 29.5. The quantitative estimate of drug-likeness (QED) is 0.422. The minimum Gasteiger partial charge on any atom is -0.497 e. The Labute approximate surface area is 181 Å². The van der Waals surface area contributed by atoms with Gasteiger partial charge in [-0.1, -0.05) is 86.4 Å². The van der Waals surface area contributed by atoms with Gasteiger partial charge in [0.25, 0.3) is 0 Å². The molecule has 0 aliphatic carbocycles. The van der Waals surface area contributed by atoms with Crippen LogP contribution in [0.3, 0.4) is 0 Å². The van der Waals surface area contributed by atoms with Gasteiger partial charge in [-0.15, -0.1) is 0 Å². The average Bonchev–Trinajstić information content (AvgIpc) is 2.78. The molecular weight excluding hydrogens is 366 g/mol. The number of nitrogens with zero attached hydrogens (tertiary/aromatic N) is 1. The maximum atomic E-state index is 5.26. The first kappa shape index (κ1) is 21.7. The number of ether oxygens (including phenoxy) is 1. The molecule has 0 spiro atoms. The maximum Gasteiger partial charge on any atom is 0.118 e. The third kappa shape index (κ3) is 6.79. The summed E-state index contributed by atoms with van der Waals surface area (Å²) in [7, 11) is 1.68. The molecule has 0 heterocycles. The van der Waals surface area contributed by atoms with Crippen molar-refractivity contribution in [2.75, 3.05) is 7.11 Å². The normalized spacial score (nSPS) is 11.8. The topological polar surface area (TPSA) is 12.5 Å². The molecule has 0 aromatic heterocycles. The molecule has 0 aliphatic rings. The fourth-order valence-corrected chi connectivity index (χ4v) is 3.50. The lowest BCUT2D eigenvalue weighted by Crippen LogP contribution is -2.34. The Balaban J connectivity index is 1.88. The van der Waals surface area contributed by atoms with Crippen LogP contribution in [0.15, 0.2) is 84.9 Å². The molecular formula is C28H31NO. The zero-order chi connectivity index (χ0) is 21.2. The summed E-state index contributed by atoms with van der Waals surface area (Å²) in [6.45, 7) is 6.30. The molecule has 3 aromatic rings. The minimum atomic E-state index is 0.174. The predicted molar refractivity (Wildman–Crippen MR) is 125 cm³/mol. The lowest BCUT2D eigenvalue weighted by Gasteiger charge is -2.30. The lowest BCUT2D eigenvalue weighted by atomic mass is 10.0. The molecule has 1 unspecified atom stereocenters. The Morgan fingerprint density at radius 3 is 1.77 bits per heavy atom. The summed E-state index contributed by atoms with van der Waals surface area (Å²) >= 11 is 0. The summed E-state index contributed by atoms with van der Waals surface area (Å²) in [5, 5.41) is 0. The molecule has 0 aliphatic heterocycles. The van der Waals surface area contributed by atoms with E-state index in [-0.39, 0.29) is 6.04 Å². The van der Waals surface area contributed by atoms with Crippen LogP contribution in [0, 0.1) is 17.8 Å². The molecule has 30 heavy (non-hydrogen) atoms. The summed E-state index contributed by atoms with van der Waals surface area (Å²) in [4.78, 5) is 2.50. The minimum absolute atomic E-state index is 0.174. The predicted octanol–water partition coefficient (Wildman–Crippen LogP) is 6.16. The van der Waals surface area contributed by atoms with E-state index in [1.54, 1.807) is 7.11 Å². The molecule has 2 nitrogen and oxygen atoms in total. The third-order valence-electron chi connectivity index (χ3n) is 5.07. The van der Waals surface area contributed by atoms with Crippen molar-refractivity contribution < 1.29 is 4.74 Å². The molecule has 2 heteroatoms. The summed E-state index contributed by atoms with van der Waals surface area (Å²) in [6.07, 6.45) is 1.03. The zero-order valence-electron chi connectivity index (χ0n) is 18.2. The van der Waals surface area contributed by atoms with E-state index in [9.17, 15) is 0 Å². The van der Waals surface area contributed by atoms with Crippen molar-refractivity contribution in [2.45, 2.75) is 39.4 Å². The third-order valence-corrected chi connectivity index (χ3v) is 5.07. The van der Waals surface area contributed by atoms with Gasteiger partial charge in [0.05, 0.1) is 13.2 Å². The van der Waals surface area contributed by atoms with Crippen molar-refractivity contribution in [3.63, 3.8) is 0 Å². The SMILES string of the molecule is COc1ccc(C#CC(CC(C)C)N(Cc2ccccc2)Cc2ccccc2)cc1. The summed E-state index contributed by atoms with van der Waals surface area (Å²) < 4.78 is 5.26. The van der Waals surface area contributed by atoms with Crippen molar-refractivity contribution in [1.82, 2.24) is 4.90 Å². The molecule has 1 atom stereocenters. The Morgan fingerprint density at radius 1 is 0.767 bits per heavy atom. The van der Waals surface area contributed by atoms with Gasteiger partial charge in [-0.25, -0.2) is 0 Å². The van der Waals surface area contributed by atoms with Crippen LogP contribution >= 0.6 is 0 Å². The second-order valence-electron chi connectivity index (χ2n) is 8.02. The fourth-order valence-electron chi connectivity index (χ4n) is 3.50. The van der Waals surface area contributed by atoms with Crippen LogP contribution in [0.5, 0.6) is 5.75 Å². The van der Waals surface area contributed by atoms with E-state index in [1.807, 2.05) is 24.3 Å². The van der Waals surface area contributed by atoms with Gasteiger partial charge < -0.3 is 4.74 Å². The standard InChI is InChI=1S/C28H31NO/c1-23(2)20-27(17-14-24-15-18-28(30-3)19-16-24)29(21-25-10-6-4-7-11-25)22-26-12-8-5-9-13-26/h4-13,15-16,18-19,23,27H,20-22H2,1-3H3. The highest BCUT2D eigenvalue weighted by molar-refractivity contribution is 5.39. The molecule has 0 radical (unpaired) electrons. The lowest BCUT2D eigenvalue weighted by molar-refractivity contribution is 0.196. The van der Waals surface area contributed by atoms with Gasteiger partial charge in [0, 0.05) is 18.7 Å². The van der Waals surface area contributed by atoms with Gasteiger partial charge in [0.2, 0.25) is 0 Å². The smallest absolute Gasteiger partial charge is 0.118 e. The monoisotopic (exact) mass is 397 g/mol. The van der Waals surface area contributed by atoms with Crippen molar-refractivity contribution in [3.05, 3.63) is 102 Å². The number of hydrogen-bond donors (Lipinski definition) is 0. The van der Waals surface area contributed by atoms with Crippen LogP contribution in [0.4, 0.5) is 0 Å².